The van der Waals surface area contributed by atoms with Crippen molar-refractivity contribution < 1.29 is 9.47 Å². The Morgan fingerprint density at radius 1 is 1.12 bits per heavy atom. The number of fused-ring (bicyclic) bond motifs is 1. The van der Waals surface area contributed by atoms with E-state index in [-0.39, 0.29) is 12.4 Å². The summed E-state index contributed by atoms with van der Waals surface area (Å²) in [6.45, 7) is 0.570. The lowest BCUT2D eigenvalue weighted by Crippen LogP contribution is -2.10. The Hall–Kier alpha value is -1.09. The van der Waals surface area contributed by atoms with Crippen LogP contribution in [-0.4, -0.2) is 18.6 Å². The fraction of sp³-hybridized carbons (Fsp3) is 0.286. The van der Waals surface area contributed by atoms with Crippen LogP contribution >= 0.6 is 11.6 Å². The molecular weight excluding hydrogens is 236 g/mol. The fourth-order valence-electron chi connectivity index (χ4n) is 2.06. The summed E-state index contributed by atoms with van der Waals surface area (Å²) < 4.78 is 11.3. The standard InChI is InChI=1S/C14H13ClO2/c15-8-13-9-16-14(17-13)12-6-5-10-3-1-2-4-11(10)7-12/h1-7,13-14H,8-9H2/t13-,14-/m0/s1. The van der Waals surface area contributed by atoms with E-state index in [1.807, 2.05) is 18.2 Å². The average molecular weight is 249 g/mol. The van der Waals surface area contributed by atoms with Crippen molar-refractivity contribution in [3.8, 4) is 0 Å². The normalized spacial score (nSPS) is 24.3. The van der Waals surface area contributed by atoms with E-state index in [0.29, 0.717) is 12.5 Å². The number of hydrogen-bond acceptors (Lipinski definition) is 2. The van der Waals surface area contributed by atoms with Gasteiger partial charge in [0, 0.05) is 5.56 Å². The van der Waals surface area contributed by atoms with Crippen molar-refractivity contribution in [1.82, 2.24) is 0 Å². The summed E-state index contributed by atoms with van der Waals surface area (Å²) in [5.74, 6) is 0.476. The Labute approximate surface area is 105 Å². The molecule has 2 aromatic carbocycles. The lowest BCUT2D eigenvalue weighted by molar-refractivity contribution is -0.0566. The molecule has 2 nitrogen and oxygen atoms in total. The van der Waals surface area contributed by atoms with Crippen LogP contribution in [0.5, 0.6) is 0 Å². The number of halogens is 1. The van der Waals surface area contributed by atoms with Crippen molar-refractivity contribution >= 4 is 22.4 Å². The van der Waals surface area contributed by atoms with Crippen LogP contribution in [0.4, 0.5) is 0 Å². The second kappa shape index (κ2) is 4.65. The van der Waals surface area contributed by atoms with E-state index in [0.717, 1.165) is 5.56 Å². The summed E-state index contributed by atoms with van der Waals surface area (Å²) in [4.78, 5) is 0. The van der Waals surface area contributed by atoms with Crippen molar-refractivity contribution in [1.29, 1.82) is 0 Å². The van der Waals surface area contributed by atoms with Gasteiger partial charge in [0.2, 0.25) is 0 Å². The Morgan fingerprint density at radius 3 is 2.71 bits per heavy atom. The minimum absolute atomic E-state index is 0.00753. The minimum atomic E-state index is -0.275. The SMILES string of the molecule is ClC[C@H]1CO[C@H](c2ccc3ccccc3c2)O1. The topological polar surface area (TPSA) is 18.5 Å². The third-order valence-corrected chi connectivity index (χ3v) is 3.31. The van der Waals surface area contributed by atoms with Crippen LogP contribution < -0.4 is 0 Å². The molecule has 0 radical (unpaired) electrons. The first-order chi connectivity index (χ1) is 8.36. The summed E-state index contributed by atoms with van der Waals surface area (Å²) in [5, 5.41) is 2.43. The van der Waals surface area contributed by atoms with Crippen molar-refractivity contribution in [2.45, 2.75) is 12.4 Å². The lowest BCUT2D eigenvalue weighted by Gasteiger charge is -2.11. The van der Waals surface area contributed by atoms with Gasteiger partial charge in [0.1, 0.15) is 0 Å². The number of rotatable bonds is 2. The summed E-state index contributed by atoms with van der Waals surface area (Å²) in [6, 6.07) is 14.5. The molecule has 2 aromatic rings. The molecule has 0 saturated carbocycles. The molecule has 0 N–H and O–H groups in total. The highest BCUT2D eigenvalue weighted by atomic mass is 35.5. The molecule has 3 heteroatoms. The molecule has 0 aromatic heterocycles. The molecule has 3 rings (SSSR count). The van der Waals surface area contributed by atoms with Crippen LogP contribution in [0.1, 0.15) is 11.9 Å². The second-order valence-corrected chi connectivity index (χ2v) is 4.49. The Morgan fingerprint density at radius 2 is 1.94 bits per heavy atom. The van der Waals surface area contributed by atoms with Gasteiger partial charge in [-0.15, -0.1) is 11.6 Å². The summed E-state index contributed by atoms with van der Waals surface area (Å²) >= 11 is 5.75. The van der Waals surface area contributed by atoms with Crippen LogP contribution in [0, 0.1) is 0 Å². The van der Waals surface area contributed by atoms with Gasteiger partial charge >= 0.3 is 0 Å². The van der Waals surface area contributed by atoms with Crippen molar-refractivity contribution in [2.75, 3.05) is 12.5 Å². The molecule has 0 unspecified atom stereocenters. The van der Waals surface area contributed by atoms with Gasteiger partial charge in [-0.1, -0.05) is 36.4 Å². The molecule has 1 fully saturated rings. The van der Waals surface area contributed by atoms with Crippen LogP contribution in [0.25, 0.3) is 10.8 Å². The molecule has 17 heavy (non-hydrogen) atoms. The van der Waals surface area contributed by atoms with Crippen LogP contribution in [0.15, 0.2) is 42.5 Å². The Bertz CT molecular complexity index is 526. The van der Waals surface area contributed by atoms with E-state index < -0.39 is 0 Å². The molecular formula is C14H13ClO2. The van der Waals surface area contributed by atoms with Crippen molar-refractivity contribution in [3.05, 3.63) is 48.0 Å². The van der Waals surface area contributed by atoms with Gasteiger partial charge in [-0.3, -0.25) is 0 Å². The van der Waals surface area contributed by atoms with E-state index in [2.05, 4.69) is 24.3 Å². The third-order valence-electron chi connectivity index (χ3n) is 2.97. The maximum atomic E-state index is 5.75. The van der Waals surface area contributed by atoms with E-state index in [4.69, 9.17) is 21.1 Å². The molecule has 88 valence electrons. The molecule has 2 atom stereocenters. The van der Waals surface area contributed by atoms with Gasteiger partial charge < -0.3 is 9.47 Å². The quantitative estimate of drug-likeness (QED) is 0.758. The van der Waals surface area contributed by atoms with Gasteiger partial charge in [0.15, 0.2) is 6.29 Å². The Kier molecular flexibility index (Phi) is 3.02. The average Bonchev–Trinajstić information content (AvgIpc) is 2.87. The highest BCUT2D eigenvalue weighted by molar-refractivity contribution is 6.18. The first-order valence-corrected chi connectivity index (χ1v) is 6.22. The molecule has 1 aliphatic heterocycles. The van der Waals surface area contributed by atoms with Crippen molar-refractivity contribution in [2.24, 2.45) is 0 Å². The highest BCUT2D eigenvalue weighted by Gasteiger charge is 2.26. The van der Waals surface area contributed by atoms with Crippen LogP contribution in [-0.2, 0) is 9.47 Å². The second-order valence-electron chi connectivity index (χ2n) is 4.18. The van der Waals surface area contributed by atoms with Crippen molar-refractivity contribution in [3.63, 3.8) is 0 Å². The zero-order valence-corrected chi connectivity index (χ0v) is 10.1. The van der Waals surface area contributed by atoms with Gasteiger partial charge in [-0.2, -0.15) is 0 Å². The Balaban J connectivity index is 1.91. The van der Waals surface area contributed by atoms with E-state index in [1.54, 1.807) is 0 Å². The zero-order valence-electron chi connectivity index (χ0n) is 9.30. The molecule has 1 saturated heterocycles. The van der Waals surface area contributed by atoms with Gasteiger partial charge in [-0.05, 0) is 16.8 Å². The summed E-state index contributed by atoms with van der Waals surface area (Å²) in [6.07, 6.45) is -0.267. The maximum Gasteiger partial charge on any atom is 0.184 e. The number of alkyl halides is 1. The third kappa shape index (κ3) is 2.16. The molecule has 0 aliphatic carbocycles. The van der Waals surface area contributed by atoms with Gasteiger partial charge in [0.05, 0.1) is 18.6 Å². The zero-order chi connectivity index (χ0) is 11.7. The molecule has 0 bridgehead atoms. The smallest absolute Gasteiger partial charge is 0.184 e. The largest absolute Gasteiger partial charge is 0.346 e. The molecule has 1 aliphatic rings. The molecule has 1 heterocycles. The van der Waals surface area contributed by atoms with E-state index in [1.165, 1.54) is 10.8 Å². The van der Waals surface area contributed by atoms with E-state index in [9.17, 15) is 0 Å². The lowest BCUT2D eigenvalue weighted by atomic mass is 10.1. The summed E-state index contributed by atoms with van der Waals surface area (Å²) in [7, 11) is 0. The monoisotopic (exact) mass is 248 g/mol. The highest BCUT2D eigenvalue weighted by Crippen LogP contribution is 2.29. The first-order valence-electron chi connectivity index (χ1n) is 5.68. The van der Waals surface area contributed by atoms with Crippen LogP contribution in [0.3, 0.4) is 0 Å². The number of ether oxygens (including phenoxy) is 2. The van der Waals surface area contributed by atoms with Crippen LogP contribution in [0.2, 0.25) is 0 Å². The predicted octanol–water partition coefficient (Wildman–Crippen LogP) is 3.49. The number of hydrogen-bond donors (Lipinski definition) is 0. The first kappa shape index (κ1) is 11.0. The fourth-order valence-corrected chi connectivity index (χ4v) is 2.22. The molecule has 0 amide bonds. The van der Waals surface area contributed by atoms with E-state index >= 15 is 0 Å². The summed E-state index contributed by atoms with van der Waals surface area (Å²) in [5.41, 5.74) is 1.05. The maximum absolute atomic E-state index is 5.75. The van der Waals surface area contributed by atoms with Gasteiger partial charge in [-0.25, -0.2) is 0 Å². The molecule has 0 spiro atoms. The number of benzene rings is 2. The minimum Gasteiger partial charge on any atom is -0.346 e. The van der Waals surface area contributed by atoms with Gasteiger partial charge in [0.25, 0.3) is 0 Å². The predicted molar refractivity (Wildman–Crippen MR) is 68.2 cm³/mol.